The molecule has 0 radical (unpaired) electrons. The van der Waals surface area contributed by atoms with Gasteiger partial charge in [-0.05, 0) is 6.42 Å². The van der Waals surface area contributed by atoms with Crippen LogP contribution in [0.5, 0.6) is 0 Å². The number of carbonyl (C=O) groups excluding carboxylic acids is 1. The van der Waals surface area contributed by atoms with Crippen LogP contribution in [0.1, 0.15) is 19.8 Å². The fourth-order valence-electron chi connectivity index (χ4n) is 0.437. The van der Waals surface area contributed by atoms with Gasteiger partial charge in [-0.2, -0.15) is 0 Å². The molecular weight excluding hydrogens is 262 g/mol. The fraction of sp³-hybridized carbons (Fsp3) is 0.833. The molecule has 0 aromatic carbocycles. The molecule has 0 N–H and O–H groups in total. The molecule has 0 aliphatic rings. The van der Waals surface area contributed by atoms with Gasteiger partial charge in [-0.3, -0.25) is 4.79 Å². The summed E-state index contributed by atoms with van der Waals surface area (Å²) in [5, 5.41) is 0. The highest BCUT2D eigenvalue weighted by atomic mass is 79.9. The molecule has 2 nitrogen and oxygen atoms in total. The van der Waals surface area contributed by atoms with Gasteiger partial charge in [0.15, 0.2) is 0 Å². The van der Waals surface area contributed by atoms with Gasteiger partial charge in [0, 0.05) is 20.5 Å². The summed E-state index contributed by atoms with van der Waals surface area (Å²) in [5.41, 5.74) is 0. The first-order chi connectivity index (χ1) is 3.68. The summed E-state index contributed by atoms with van der Waals surface area (Å²) in [6, 6.07) is 0. The van der Waals surface area contributed by atoms with Crippen LogP contribution in [-0.2, 0) is 4.79 Å². The Morgan fingerprint density at radius 1 is 1.30 bits per heavy atom. The minimum absolute atomic E-state index is 0. The molecule has 1 amide bonds. The van der Waals surface area contributed by atoms with Gasteiger partial charge in [0.1, 0.15) is 0 Å². The highest BCUT2D eigenvalue weighted by Gasteiger charge is 1.98. The topological polar surface area (TPSA) is 20.3 Å². The molecule has 0 aliphatic heterocycles. The standard InChI is InChI=1S/C6H13NO.2BrH/c1-4-5-6(8)7(2)3;;/h4-5H2,1-3H3;2*1H. The lowest BCUT2D eigenvalue weighted by Crippen LogP contribution is -2.20. The van der Waals surface area contributed by atoms with E-state index >= 15 is 0 Å². The van der Waals surface area contributed by atoms with Crippen LogP contribution in [-0.4, -0.2) is 24.9 Å². The van der Waals surface area contributed by atoms with Crippen molar-refractivity contribution >= 4 is 39.9 Å². The van der Waals surface area contributed by atoms with Crippen LogP contribution in [0.3, 0.4) is 0 Å². The van der Waals surface area contributed by atoms with E-state index in [1.807, 2.05) is 6.92 Å². The number of amides is 1. The molecule has 0 bridgehead atoms. The van der Waals surface area contributed by atoms with E-state index in [-0.39, 0.29) is 39.9 Å². The van der Waals surface area contributed by atoms with Gasteiger partial charge in [-0.15, -0.1) is 34.0 Å². The van der Waals surface area contributed by atoms with Crippen LogP contribution in [0, 0.1) is 0 Å². The molecule has 64 valence electrons. The highest BCUT2D eigenvalue weighted by Crippen LogP contribution is 1.89. The first-order valence-corrected chi connectivity index (χ1v) is 2.88. The molecule has 0 aromatic rings. The van der Waals surface area contributed by atoms with Gasteiger partial charge in [0.05, 0.1) is 0 Å². The molecular formula is C6H15Br2NO. The first-order valence-electron chi connectivity index (χ1n) is 2.88. The monoisotopic (exact) mass is 275 g/mol. The maximum absolute atomic E-state index is 10.7. The Balaban J connectivity index is -0.000000245. The normalized spacial score (nSPS) is 7.10. The molecule has 0 heterocycles. The van der Waals surface area contributed by atoms with Gasteiger partial charge in [0.2, 0.25) is 5.91 Å². The van der Waals surface area contributed by atoms with E-state index < -0.39 is 0 Å². The summed E-state index contributed by atoms with van der Waals surface area (Å²) in [6.07, 6.45) is 1.62. The average molecular weight is 277 g/mol. The zero-order valence-electron chi connectivity index (χ0n) is 6.59. The Morgan fingerprint density at radius 3 is 1.80 bits per heavy atom. The van der Waals surface area contributed by atoms with E-state index in [2.05, 4.69) is 0 Å². The smallest absolute Gasteiger partial charge is 0.222 e. The summed E-state index contributed by atoms with van der Waals surface area (Å²) in [7, 11) is 3.55. The molecule has 0 unspecified atom stereocenters. The van der Waals surface area contributed by atoms with Crippen LogP contribution in [0.25, 0.3) is 0 Å². The Morgan fingerprint density at radius 2 is 1.70 bits per heavy atom. The van der Waals surface area contributed by atoms with Crippen LogP contribution in [0.15, 0.2) is 0 Å². The largest absolute Gasteiger partial charge is 0.349 e. The van der Waals surface area contributed by atoms with Gasteiger partial charge in [-0.25, -0.2) is 0 Å². The summed E-state index contributed by atoms with van der Waals surface area (Å²) in [4.78, 5) is 12.3. The van der Waals surface area contributed by atoms with Crippen molar-refractivity contribution in [3.8, 4) is 0 Å². The molecule has 0 aliphatic carbocycles. The van der Waals surface area contributed by atoms with Gasteiger partial charge < -0.3 is 4.90 Å². The zero-order chi connectivity index (χ0) is 6.57. The first kappa shape index (κ1) is 16.8. The van der Waals surface area contributed by atoms with Crippen molar-refractivity contribution in [1.29, 1.82) is 0 Å². The maximum atomic E-state index is 10.7. The van der Waals surface area contributed by atoms with Crippen molar-refractivity contribution in [3.05, 3.63) is 0 Å². The number of halogens is 2. The fourth-order valence-corrected chi connectivity index (χ4v) is 0.437. The van der Waals surface area contributed by atoms with Gasteiger partial charge in [0.25, 0.3) is 0 Å². The molecule has 0 spiro atoms. The van der Waals surface area contributed by atoms with Crippen molar-refractivity contribution in [2.45, 2.75) is 19.8 Å². The lowest BCUT2D eigenvalue weighted by Gasteiger charge is -2.07. The Hall–Kier alpha value is 0.430. The van der Waals surface area contributed by atoms with Gasteiger partial charge >= 0.3 is 0 Å². The molecule has 0 saturated heterocycles. The summed E-state index contributed by atoms with van der Waals surface area (Å²) >= 11 is 0. The van der Waals surface area contributed by atoms with Crippen molar-refractivity contribution in [2.24, 2.45) is 0 Å². The predicted molar refractivity (Wildman–Crippen MR) is 54.2 cm³/mol. The minimum atomic E-state index is 0. The lowest BCUT2D eigenvalue weighted by atomic mass is 10.3. The van der Waals surface area contributed by atoms with E-state index in [4.69, 9.17) is 0 Å². The number of carbonyl (C=O) groups is 1. The third-order valence-electron chi connectivity index (χ3n) is 0.963. The predicted octanol–water partition coefficient (Wildman–Crippen LogP) is 2.03. The Bertz CT molecular complexity index is 85.8. The van der Waals surface area contributed by atoms with Crippen LogP contribution in [0.2, 0.25) is 0 Å². The lowest BCUT2D eigenvalue weighted by molar-refractivity contribution is -0.128. The number of hydrogen-bond donors (Lipinski definition) is 0. The number of rotatable bonds is 2. The Kier molecular flexibility index (Phi) is 15.8. The van der Waals surface area contributed by atoms with Crippen LogP contribution < -0.4 is 0 Å². The van der Waals surface area contributed by atoms with E-state index in [0.29, 0.717) is 6.42 Å². The summed E-state index contributed by atoms with van der Waals surface area (Å²) < 4.78 is 0. The molecule has 0 rings (SSSR count). The van der Waals surface area contributed by atoms with E-state index in [9.17, 15) is 4.79 Å². The molecule has 10 heavy (non-hydrogen) atoms. The third kappa shape index (κ3) is 8.43. The SMILES string of the molecule is Br.Br.CCCC(=O)N(C)C. The van der Waals surface area contributed by atoms with Crippen molar-refractivity contribution < 1.29 is 4.79 Å². The summed E-state index contributed by atoms with van der Waals surface area (Å²) in [6.45, 7) is 2.00. The average Bonchev–Trinajstić information content (AvgIpc) is 1.67. The molecule has 4 heteroatoms. The second-order valence-electron chi connectivity index (χ2n) is 2.04. The van der Waals surface area contributed by atoms with E-state index in [1.165, 1.54) is 0 Å². The Labute approximate surface area is 83.5 Å². The minimum Gasteiger partial charge on any atom is -0.349 e. The third-order valence-corrected chi connectivity index (χ3v) is 0.963. The van der Waals surface area contributed by atoms with Crippen molar-refractivity contribution in [1.82, 2.24) is 4.90 Å². The molecule has 0 aromatic heterocycles. The van der Waals surface area contributed by atoms with Crippen molar-refractivity contribution in [3.63, 3.8) is 0 Å². The van der Waals surface area contributed by atoms with Crippen LogP contribution >= 0.6 is 34.0 Å². The van der Waals surface area contributed by atoms with E-state index in [0.717, 1.165) is 6.42 Å². The van der Waals surface area contributed by atoms with Crippen molar-refractivity contribution in [2.75, 3.05) is 14.1 Å². The van der Waals surface area contributed by atoms with Crippen LogP contribution in [0.4, 0.5) is 0 Å². The summed E-state index contributed by atoms with van der Waals surface area (Å²) in [5.74, 6) is 0.215. The van der Waals surface area contributed by atoms with Gasteiger partial charge in [-0.1, -0.05) is 6.92 Å². The number of hydrogen-bond acceptors (Lipinski definition) is 1. The zero-order valence-corrected chi connectivity index (χ0v) is 10.0. The second-order valence-corrected chi connectivity index (χ2v) is 2.04. The number of nitrogens with zero attached hydrogens (tertiary/aromatic N) is 1. The quantitative estimate of drug-likeness (QED) is 0.756. The second kappa shape index (κ2) is 9.43. The van der Waals surface area contributed by atoms with E-state index in [1.54, 1.807) is 19.0 Å². The highest BCUT2D eigenvalue weighted by molar-refractivity contribution is 8.93. The maximum Gasteiger partial charge on any atom is 0.222 e. The molecule has 0 fully saturated rings. The molecule has 0 saturated carbocycles. The molecule has 0 atom stereocenters.